The smallest absolute Gasteiger partial charge is 0.190 e. The van der Waals surface area contributed by atoms with E-state index in [0.29, 0.717) is 0 Å². The highest BCUT2D eigenvalue weighted by atomic mass is 32.1. The number of rotatable bonds is 1. The van der Waals surface area contributed by atoms with Crippen LogP contribution >= 0.6 is 11.3 Å². The van der Waals surface area contributed by atoms with E-state index >= 15 is 0 Å². The molecule has 0 amide bonds. The molecule has 1 aromatic carbocycles. The van der Waals surface area contributed by atoms with Gasteiger partial charge in [0.25, 0.3) is 0 Å². The van der Waals surface area contributed by atoms with Crippen molar-refractivity contribution in [3.8, 4) is 10.6 Å². The van der Waals surface area contributed by atoms with E-state index in [0.717, 1.165) is 34.0 Å². The molecule has 0 unspecified atom stereocenters. The second-order valence-corrected chi connectivity index (χ2v) is 5.23. The minimum Gasteiger partial charge on any atom is -0.384 e. The Labute approximate surface area is 108 Å². The highest BCUT2D eigenvalue weighted by molar-refractivity contribution is 7.21. The van der Waals surface area contributed by atoms with Crippen LogP contribution in [0.4, 0.5) is 5.69 Å². The monoisotopic (exact) mass is 254 g/mol. The fraction of sp³-hybridized carbons (Fsp3) is 0.154. The normalized spacial score (nSPS) is 13.6. The standard InChI is InChI=1S/C13H10N4S/c1-2-9(7-10-8(1)3-4-14-10)12-17-11-13(18-12)16-6-5-15-11/h1-2,5-7,14H,3-4H2. The molecule has 4 nitrogen and oxygen atoms in total. The molecule has 3 heterocycles. The molecule has 18 heavy (non-hydrogen) atoms. The van der Waals surface area contributed by atoms with Gasteiger partial charge in [0.2, 0.25) is 0 Å². The van der Waals surface area contributed by atoms with Gasteiger partial charge in [0.1, 0.15) is 5.01 Å². The zero-order valence-corrected chi connectivity index (χ0v) is 10.4. The molecule has 4 rings (SSSR count). The van der Waals surface area contributed by atoms with Crippen molar-refractivity contribution in [2.45, 2.75) is 6.42 Å². The molecule has 1 aliphatic heterocycles. The first kappa shape index (κ1) is 9.96. The van der Waals surface area contributed by atoms with E-state index in [9.17, 15) is 0 Å². The number of hydrogen-bond acceptors (Lipinski definition) is 5. The number of anilines is 1. The highest BCUT2D eigenvalue weighted by Crippen LogP contribution is 2.32. The fourth-order valence-electron chi connectivity index (χ4n) is 2.22. The molecule has 3 aromatic rings. The van der Waals surface area contributed by atoms with Gasteiger partial charge in [-0.25, -0.2) is 15.0 Å². The van der Waals surface area contributed by atoms with Crippen LogP contribution in [0.1, 0.15) is 5.56 Å². The molecule has 0 bridgehead atoms. The first-order chi connectivity index (χ1) is 8.90. The maximum absolute atomic E-state index is 4.53. The summed E-state index contributed by atoms with van der Waals surface area (Å²) in [6, 6.07) is 6.47. The van der Waals surface area contributed by atoms with E-state index < -0.39 is 0 Å². The maximum Gasteiger partial charge on any atom is 0.190 e. The number of nitrogens with zero attached hydrogens (tertiary/aromatic N) is 3. The lowest BCUT2D eigenvalue weighted by atomic mass is 10.1. The lowest BCUT2D eigenvalue weighted by Crippen LogP contribution is -1.90. The molecule has 0 atom stereocenters. The summed E-state index contributed by atoms with van der Waals surface area (Å²) >= 11 is 1.58. The average molecular weight is 254 g/mol. The Balaban J connectivity index is 1.86. The number of aromatic nitrogens is 3. The molecule has 0 saturated carbocycles. The lowest BCUT2D eigenvalue weighted by Gasteiger charge is -2.01. The summed E-state index contributed by atoms with van der Waals surface area (Å²) in [6.07, 6.45) is 4.49. The maximum atomic E-state index is 4.53. The summed E-state index contributed by atoms with van der Waals surface area (Å²) in [5, 5.41) is 4.37. The van der Waals surface area contributed by atoms with Crippen LogP contribution in [0.2, 0.25) is 0 Å². The molecular weight excluding hydrogens is 244 g/mol. The van der Waals surface area contributed by atoms with Gasteiger partial charge in [-0.3, -0.25) is 0 Å². The van der Waals surface area contributed by atoms with Gasteiger partial charge in [-0.05, 0) is 18.1 Å². The summed E-state index contributed by atoms with van der Waals surface area (Å²) in [7, 11) is 0. The Morgan fingerprint density at radius 2 is 2.11 bits per heavy atom. The van der Waals surface area contributed by atoms with E-state index in [1.54, 1.807) is 23.7 Å². The Bertz CT molecular complexity index is 702. The van der Waals surface area contributed by atoms with Gasteiger partial charge < -0.3 is 5.32 Å². The third kappa shape index (κ3) is 1.48. The second-order valence-electron chi connectivity index (χ2n) is 4.25. The van der Waals surface area contributed by atoms with Crippen molar-refractivity contribution in [2.75, 3.05) is 11.9 Å². The van der Waals surface area contributed by atoms with Crippen molar-refractivity contribution < 1.29 is 0 Å². The molecule has 0 saturated heterocycles. The van der Waals surface area contributed by atoms with Crippen molar-refractivity contribution >= 4 is 27.5 Å². The third-order valence-corrected chi connectivity index (χ3v) is 4.12. The van der Waals surface area contributed by atoms with E-state index in [1.807, 2.05) is 0 Å². The van der Waals surface area contributed by atoms with Gasteiger partial charge in [-0.2, -0.15) is 0 Å². The molecule has 0 fully saturated rings. The molecule has 88 valence electrons. The zero-order valence-electron chi connectivity index (χ0n) is 9.55. The molecule has 5 heteroatoms. The van der Waals surface area contributed by atoms with Crippen molar-refractivity contribution in [1.29, 1.82) is 0 Å². The van der Waals surface area contributed by atoms with Crippen molar-refractivity contribution in [3.05, 3.63) is 36.2 Å². The Kier molecular flexibility index (Phi) is 2.07. The van der Waals surface area contributed by atoms with E-state index in [2.05, 4.69) is 38.5 Å². The van der Waals surface area contributed by atoms with Gasteiger partial charge in [0, 0.05) is 30.2 Å². The lowest BCUT2D eigenvalue weighted by molar-refractivity contribution is 1.11. The molecule has 1 N–H and O–H groups in total. The quantitative estimate of drug-likeness (QED) is 0.725. The van der Waals surface area contributed by atoms with Crippen molar-refractivity contribution in [2.24, 2.45) is 0 Å². The van der Waals surface area contributed by atoms with Crippen LogP contribution in [0.25, 0.3) is 21.0 Å². The van der Waals surface area contributed by atoms with Gasteiger partial charge in [-0.15, -0.1) is 0 Å². The van der Waals surface area contributed by atoms with Crippen LogP contribution in [0, 0.1) is 0 Å². The van der Waals surface area contributed by atoms with Gasteiger partial charge >= 0.3 is 0 Å². The van der Waals surface area contributed by atoms with Crippen molar-refractivity contribution in [3.63, 3.8) is 0 Å². The topological polar surface area (TPSA) is 50.7 Å². The number of thiazole rings is 1. The molecule has 2 aromatic heterocycles. The zero-order chi connectivity index (χ0) is 11.9. The van der Waals surface area contributed by atoms with Gasteiger partial charge in [0.05, 0.1) is 0 Å². The number of benzene rings is 1. The summed E-state index contributed by atoms with van der Waals surface area (Å²) in [5.41, 5.74) is 4.47. The van der Waals surface area contributed by atoms with Crippen LogP contribution in [0.15, 0.2) is 30.6 Å². The van der Waals surface area contributed by atoms with Crippen LogP contribution < -0.4 is 5.32 Å². The molecule has 0 radical (unpaired) electrons. The summed E-state index contributed by atoms with van der Waals surface area (Å²) in [6.45, 7) is 1.03. The average Bonchev–Trinajstić information content (AvgIpc) is 3.04. The van der Waals surface area contributed by atoms with Crippen LogP contribution in [-0.4, -0.2) is 21.5 Å². The Morgan fingerprint density at radius 3 is 3.06 bits per heavy atom. The minimum atomic E-state index is 0.728. The van der Waals surface area contributed by atoms with Gasteiger partial charge in [-0.1, -0.05) is 23.5 Å². The fourth-order valence-corrected chi connectivity index (χ4v) is 3.09. The van der Waals surface area contributed by atoms with Gasteiger partial charge in [0.15, 0.2) is 10.5 Å². The number of fused-ring (bicyclic) bond motifs is 2. The van der Waals surface area contributed by atoms with Crippen molar-refractivity contribution in [1.82, 2.24) is 15.0 Å². The van der Waals surface area contributed by atoms with Crippen LogP contribution in [0.5, 0.6) is 0 Å². The molecule has 0 aliphatic carbocycles. The predicted molar refractivity (Wildman–Crippen MR) is 72.8 cm³/mol. The van der Waals surface area contributed by atoms with E-state index in [4.69, 9.17) is 0 Å². The minimum absolute atomic E-state index is 0.728. The number of hydrogen-bond donors (Lipinski definition) is 1. The van der Waals surface area contributed by atoms with E-state index in [-0.39, 0.29) is 0 Å². The first-order valence-electron chi connectivity index (χ1n) is 5.85. The molecule has 0 spiro atoms. The summed E-state index contributed by atoms with van der Waals surface area (Å²) in [5.74, 6) is 0. The molecular formula is C13H10N4S. The Morgan fingerprint density at radius 1 is 1.17 bits per heavy atom. The first-order valence-corrected chi connectivity index (χ1v) is 6.66. The highest BCUT2D eigenvalue weighted by Gasteiger charge is 2.13. The summed E-state index contributed by atoms with van der Waals surface area (Å²) < 4.78 is 0. The van der Waals surface area contributed by atoms with Crippen LogP contribution in [-0.2, 0) is 6.42 Å². The predicted octanol–water partition coefficient (Wildman–Crippen LogP) is 2.72. The largest absolute Gasteiger partial charge is 0.384 e. The second kappa shape index (κ2) is 3.74. The van der Waals surface area contributed by atoms with E-state index in [1.165, 1.54) is 11.3 Å². The molecule has 1 aliphatic rings. The Hall–Kier alpha value is -2.01. The summed E-state index contributed by atoms with van der Waals surface area (Å²) in [4.78, 5) is 13.9. The number of nitrogens with one attached hydrogen (secondary N) is 1. The van der Waals surface area contributed by atoms with Crippen LogP contribution in [0.3, 0.4) is 0 Å². The third-order valence-electron chi connectivity index (χ3n) is 3.11. The SMILES string of the molecule is c1cnc2sc(-c3ccc4c(c3)NCC4)nc2n1.